The zero-order chi connectivity index (χ0) is 27.5. The molecule has 0 bridgehead atoms. The van der Waals surface area contributed by atoms with E-state index in [9.17, 15) is 34.8 Å². The Hall–Kier alpha value is -3.87. The number of benzene rings is 2. The van der Waals surface area contributed by atoms with E-state index in [-0.39, 0.29) is 28.3 Å². The number of nitrogens with one attached hydrogen (secondary N) is 1. The molecule has 2 aliphatic carbocycles. The van der Waals surface area contributed by atoms with Gasteiger partial charge in [-0.05, 0) is 18.6 Å². The van der Waals surface area contributed by atoms with Crippen molar-refractivity contribution in [1.82, 2.24) is 5.32 Å². The number of aliphatic hydroxyl groups excluding tert-OH is 2. The molecular weight excluding hydrogens is 532 g/mol. The number of ether oxygens (including phenoxy) is 1. The molecule has 1 heterocycles. The predicted molar refractivity (Wildman–Crippen MR) is 142 cm³/mol. The molecule has 5 rings (SSSR count). The van der Waals surface area contributed by atoms with Crippen LogP contribution in [0.1, 0.15) is 22.3 Å². The summed E-state index contributed by atoms with van der Waals surface area (Å²) in [5.74, 6) is -6.39. The summed E-state index contributed by atoms with van der Waals surface area (Å²) in [5, 5.41) is 46.7. The second-order valence-electron chi connectivity index (χ2n) is 9.13. The number of amides is 1. The number of ketones is 2. The first kappa shape index (κ1) is 25.8. The van der Waals surface area contributed by atoms with E-state index in [1.807, 2.05) is 0 Å². The summed E-state index contributed by atoms with van der Waals surface area (Å²) in [6.45, 7) is 0. The summed E-state index contributed by atoms with van der Waals surface area (Å²) >= 11 is 5.93. The van der Waals surface area contributed by atoms with Gasteiger partial charge in [-0.1, -0.05) is 42.5 Å². The SMILES string of the molecule is COc1ccc(O)c2c1[SH]C1CC3C(NC(=S)c4ccccc4)C(O)=C(C(N)=O)C(=O)C3(O)C(O)=C1C2=O. The van der Waals surface area contributed by atoms with Gasteiger partial charge < -0.3 is 36.2 Å². The molecular formula is C26H23N2O8S2. The molecule has 4 unspecified atom stereocenters. The van der Waals surface area contributed by atoms with Gasteiger partial charge in [-0.2, -0.15) is 11.8 Å². The summed E-state index contributed by atoms with van der Waals surface area (Å²) < 4.78 is 5.37. The highest BCUT2D eigenvalue weighted by Gasteiger charge is 2.63. The zero-order valence-corrected chi connectivity index (χ0v) is 21.5. The van der Waals surface area contributed by atoms with Gasteiger partial charge in [-0.3, -0.25) is 14.4 Å². The molecule has 1 amide bonds. The van der Waals surface area contributed by atoms with Gasteiger partial charge in [0.05, 0.1) is 29.2 Å². The van der Waals surface area contributed by atoms with Gasteiger partial charge in [0.25, 0.3) is 5.91 Å². The lowest BCUT2D eigenvalue weighted by Crippen LogP contribution is -2.64. The molecule has 0 saturated carbocycles. The lowest BCUT2D eigenvalue weighted by atomic mass is 9.63. The number of hydrogen-bond donors (Lipinski definition) is 7. The van der Waals surface area contributed by atoms with Crippen molar-refractivity contribution in [3.05, 3.63) is 76.3 Å². The van der Waals surface area contributed by atoms with E-state index in [0.717, 1.165) is 0 Å². The predicted octanol–water partition coefficient (Wildman–Crippen LogP) is 1.57. The van der Waals surface area contributed by atoms with E-state index < -0.39 is 57.4 Å². The lowest BCUT2D eigenvalue weighted by molar-refractivity contribution is -0.144. The standard InChI is InChI=1S/C26H23N2O8S2/c1-36-13-8-7-12(29)15-19(30)16-14(38-21(13)15)9-11-18(28-25(37)10-5-3-2-4-6-10)20(31)17(24(27)34)23(33)26(11,35)22(16)32/h2-8,11,14,18,29,31-32,35,38H,9H2,1H3,(H2,27,34)(H,28,37). The molecule has 0 fully saturated rings. The third-order valence-corrected chi connectivity index (χ3v) is 8.99. The number of rotatable bonds is 4. The Labute approximate surface area is 225 Å². The molecule has 4 atom stereocenters. The van der Waals surface area contributed by atoms with Crippen molar-refractivity contribution in [2.45, 2.75) is 28.2 Å². The highest BCUT2D eigenvalue weighted by atomic mass is 32.2. The number of phenols is 1. The number of carbonyl (C=O) groups is 3. The molecule has 38 heavy (non-hydrogen) atoms. The van der Waals surface area contributed by atoms with Crippen LogP contribution in [0.4, 0.5) is 0 Å². The average molecular weight is 556 g/mol. The number of primary amides is 1. The van der Waals surface area contributed by atoms with Gasteiger partial charge in [-0.15, -0.1) is 0 Å². The third-order valence-electron chi connectivity index (χ3n) is 7.15. The van der Waals surface area contributed by atoms with Gasteiger partial charge in [0.1, 0.15) is 33.6 Å². The third kappa shape index (κ3) is 3.59. The van der Waals surface area contributed by atoms with Gasteiger partial charge in [0.15, 0.2) is 11.4 Å². The Bertz CT molecular complexity index is 1490. The molecule has 0 aromatic heterocycles. The van der Waals surface area contributed by atoms with Crippen LogP contribution in [-0.4, -0.2) is 66.9 Å². The number of methoxy groups -OCH3 is 1. The normalized spacial score (nSPS) is 26.3. The Kier molecular flexibility index (Phi) is 6.21. The number of thiol groups is 1. The van der Waals surface area contributed by atoms with Crippen molar-refractivity contribution in [3.63, 3.8) is 0 Å². The maximum absolute atomic E-state index is 13.5. The number of aliphatic hydroxyl groups is 3. The highest BCUT2D eigenvalue weighted by molar-refractivity contribution is 8.00. The first-order valence-corrected chi connectivity index (χ1v) is 12.8. The minimum Gasteiger partial charge on any atom is -0.509 e. The molecule has 0 spiro atoms. The number of nitrogens with two attached hydrogens (primary N) is 1. The number of Topliss-reactive ketones (excluding diaryl/α,β-unsaturated/α-hetero) is 2. The first-order chi connectivity index (χ1) is 18.0. The van der Waals surface area contributed by atoms with Crippen LogP contribution in [0.25, 0.3) is 0 Å². The summed E-state index contributed by atoms with van der Waals surface area (Å²) in [6.07, 6.45) is -0.0850. The quantitative estimate of drug-likeness (QED) is 0.166. The summed E-state index contributed by atoms with van der Waals surface area (Å²) in [6, 6.07) is 10.1. The maximum atomic E-state index is 13.5. The van der Waals surface area contributed by atoms with Gasteiger partial charge in [0.2, 0.25) is 5.78 Å². The molecule has 1 aliphatic heterocycles. The fraction of sp³-hybridized carbons (Fsp3) is 0.231. The molecule has 10 nitrogen and oxygen atoms in total. The van der Waals surface area contributed by atoms with Crippen LogP contribution < -0.4 is 15.8 Å². The topological polar surface area (TPSA) is 179 Å². The number of thiocarbonyl (C=S) groups is 1. The minimum atomic E-state index is -2.77. The molecule has 2 aromatic rings. The molecule has 12 heteroatoms. The van der Waals surface area contributed by atoms with Crippen LogP contribution in [0.15, 0.2) is 70.0 Å². The number of aromatic hydroxyl groups is 1. The van der Waals surface area contributed by atoms with Crippen LogP contribution >= 0.6 is 24.0 Å². The van der Waals surface area contributed by atoms with E-state index in [0.29, 0.717) is 28.0 Å². The molecule has 0 saturated heterocycles. The van der Waals surface area contributed by atoms with Gasteiger partial charge >= 0.3 is 0 Å². The summed E-state index contributed by atoms with van der Waals surface area (Å²) in [7, 11) is 1.41. The second kappa shape index (κ2) is 9.15. The van der Waals surface area contributed by atoms with Crippen molar-refractivity contribution >= 4 is 46.4 Å². The fourth-order valence-corrected chi connectivity index (χ4v) is 7.25. The Morgan fingerprint density at radius 3 is 2.47 bits per heavy atom. The van der Waals surface area contributed by atoms with E-state index in [2.05, 4.69) is 5.32 Å². The largest absolute Gasteiger partial charge is 0.509 e. The smallest absolute Gasteiger partial charge is 0.255 e. The fourth-order valence-electron chi connectivity index (χ4n) is 5.34. The molecule has 2 aromatic carbocycles. The zero-order valence-electron chi connectivity index (χ0n) is 19.8. The van der Waals surface area contributed by atoms with Crippen LogP contribution in [-0.2, 0) is 9.59 Å². The number of hydrogen-bond acceptors (Lipinski definition) is 9. The van der Waals surface area contributed by atoms with Crippen LogP contribution in [0.3, 0.4) is 0 Å². The second-order valence-corrected chi connectivity index (χ2v) is 10.9. The van der Waals surface area contributed by atoms with Gasteiger partial charge in [0, 0.05) is 16.7 Å². The molecule has 3 aliphatic rings. The van der Waals surface area contributed by atoms with E-state index in [1.165, 1.54) is 19.2 Å². The maximum Gasteiger partial charge on any atom is 0.255 e. The van der Waals surface area contributed by atoms with Crippen molar-refractivity contribution in [1.29, 1.82) is 0 Å². The minimum absolute atomic E-state index is 0.0850. The van der Waals surface area contributed by atoms with Crippen molar-refractivity contribution in [2.75, 3.05) is 7.11 Å². The first-order valence-electron chi connectivity index (χ1n) is 11.5. The monoisotopic (exact) mass is 555 g/mol. The highest BCUT2D eigenvalue weighted by Crippen LogP contribution is 2.55. The Morgan fingerprint density at radius 1 is 1.16 bits per heavy atom. The van der Waals surface area contributed by atoms with Crippen molar-refractivity contribution in [2.24, 2.45) is 11.7 Å². The Morgan fingerprint density at radius 2 is 1.84 bits per heavy atom. The van der Waals surface area contributed by atoms with E-state index in [1.54, 1.807) is 30.3 Å². The summed E-state index contributed by atoms with van der Waals surface area (Å²) in [4.78, 5) is 39.7. The van der Waals surface area contributed by atoms with Crippen molar-refractivity contribution < 1.29 is 39.5 Å². The van der Waals surface area contributed by atoms with Crippen molar-refractivity contribution in [3.8, 4) is 11.5 Å². The van der Waals surface area contributed by atoms with Crippen LogP contribution in [0.2, 0.25) is 0 Å². The molecule has 1 radical (unpaired) electrons. The van der Waals surface area contributed by atoms with Crippen LogP contribution in [0, 0.1) is 5.92 Å². The van der Waals surface area contributed by atoms with Crippen LogP contribution in [0.5, 0.6) is 11.5 Å². The van der Waals surface area contributed by atoms with E-state index >= 15 is 0 Å². The number of phenolic OH excluding ortho intramolecular Hbond substituents is 1. The molecule has 7 N–H and O–H groups in total. The van der Waals surface area contributed by atoms with Gasteiger partial charge in [-0.25, -0.2) is 0 Å². The number of fused-ring (bicyclic) bond motifs is 3. The van der Waals surface area contributed by atoms with E-state index in [4.69, 9.17) is 22.7 Å². The average Bonchev–Trinajstić information content (AvgIpc) is 2.89. The molecule has 197 valence electrons. The Balaban J connectivity index is 1.67. The lowest BCUT2D eigenvalue weighted by Gasteiger charge is -2.48. The summed E-state index contributed by atoms with van der Waals surface area (Å²) in [5.41, 5.74) is 1.87. The number of carbonyl (C=O) groups excluding carboxylic acids is 3.